The Bertz CT molecular complexity index is 610. The van der Waals surface area contributed by atoms with E-state index in [0.29, 0.717) is 6.04 Å². The van der Waals surface area contributed by atoms with Crippen LogP contribution in [0.25, 0.3) is 10.2 Å². The maximum atomic E-state index is 12.4. The SMILES string of the molecule is CCn1c(C(=O)NC2CCCC2)cc2sc(Cl)cc21. The number of fused-ring (bicyclic) bond motifs is 1. The Morgan fingerprint density at radius 3 is 2.89 bits per heavy atom. The third kappa shape index (κ3) is 2.39. The first-order valence-corrected chi connectivity index (χ1v) is 7.98. The Morgan fingerprint density at radius 2 is 2.21 bits per heavy atom. The van der Waals surface area contributed by atoms with Gasteiger partial charge < -0.3 is 9.88 Å². The number of carbonyl (C=O) groups excluding carboxylic acids is 1. The zero-order valence-corrected chi connectivity index (χ0v) is 12.5. The number of halogens is 1. The van der Waals surface area contributed by atoms with E-state index in [2.05, 4.69) is 12.2 Å². The predicted octanol–water partition coefficient (Wildman–Crippen LogP) is 4.05. The summed E-state index contributed by atoms with van der Waals surface area (Å²) in [6, 6.07) is 4.26. The van der Waals surface area contributed by atoms with Crippen molar-refractivity contribution in [2.24, 2.45) is 0 Å². The van der Waals surface area contributed by atoms with Gasteiger partial charge in [0, 0.05) is 12.6 Å². The second kappa shape index (κ2) is 5.17. The van der Waals surface area contributed by atoms with Crippen LogP contribution in [-0.4, -0.2) is 16.5 Å². The van der Waals surface area contributed by atoms with Gasteiger partial charge in [0.25, 0.3) is 5.91 Å². The molecule has 3 nitrogen and oxygen atoms in total. The van der Waals surface area contributed by atoms with Crippen LogP contribution in [0.4, 0.5) is 0 Å². The molecule has 2 aromatic heterocycles. The van der Waals surface area contributed by atoms with Gasteiger partial charge in [0.1, 0.15) is 5.69 Å². The minimum atomic E-state index is 0.0493. The number of carbonyl (C=O) groups is 1. The summed E-state index contributed by atoms with van der Waals surface area (Å²) in [4.78, 5) is 12.4. The highest BCUT2D eigenvalue weighted by molar-refractivity contribution is 7.22. The molecule has 0 aliphatic heterocycles. The minimum Gasteiger partial charge on any atom is -0.348 e. The van der Waals surface area contributed by atoms with Crippen molar-refractivity contribution >= 4 is 39.1 Å². The minimum absolute atomic E-state index is 0.0493. The van der Waals surface area contributed by atoms with Crippen molar-refractivity contribution in [2.45, 2.75) is 45.2 Å². The monoisotopic (exact) mass is 296 g/mol. The van der Waals surface area contributed by atoms with E-state index >= 15 is 0 Å². The summed E-state index contributed by atoms with van der Waals surface area (Å²) in [5.74, 6) is 0.0493. The quantitative estimate of drug-likeness (QED) is 0.911. The molecular weight excluding hydrogens is 280 g/mol. The molecule has 1 aliphatic carbocycles. The summed E-state index contributed by atoms with van der Waals surface area (Å²) >= 11 is 7.55. The summed E-state index contributed by atoms with van der Waals surface area (Å²) < 4.78 is 3.90. The molecule has 0 radical (unpaired) electrons. The van der Waals surface area contributed by atoms with E-state index in [1.165, 1.54) is 24.2 Å². The van der Waals surface area contributed by atoms with Crippen molar-refractivity contribution in [3.8, 4) is 0 Å². The topological polar surface area (TPSA) is 34.0 Å². The molecule has 0 spiro atoms. The highest BCUT2D eigenvalue weighted by atomic mass is 35.5. The highest BCUT2D eigenvalue weighted by Crippen LogP contribution is 2.32. The average Bonchev–Trinajstić information content (AvgIpc) is 3.04. The van der Waals surface area contributed by atoms with E-state index in [9.17, 15) is 4.79 Å². The van der Waals surface area contributed by atoms with Crippen molar-refractivity contribution in [1.82, 2.24) is 9.88 Å². The van der Waals surface area contributed by atoms with Gasteiger partial charge in [0.15, 0.2) is 0 Å². The molecule has 3 rings (SSSR count). The summed E-state index contributed by atoms with van der Waals surface area (Å²) in [5, 5.41) is 3.15. The number of hydrogen-bond donors (Lipinski definition) is 1. The molecule has 1 fully saturated rings. The molecule has 2 aromatic rings. The lowest BCUT2D eigenvalue weighted by atomic mass is 10.2. The van der Waals surface area contributed by atoms with Gasteiger partial charge in [-0.2, -0.15) is 0 Å². The van der Waals surface area contributed by atoms with Crippen molar-refractivity contribution in [3.05, 3.63) is 22.2 Å². The molecule has 1 aliphatic rings. The van der Waals surface area contributed by atoms with E-state index < -0.39 is 0 Å². The maximum Gasteiger partial charge on any atom is 0.268 e. The van der Waals surface area contributed by atoms with Crippen molar-refractivity contribution in [3.63, 3.8) is 0 Å². The smallest absolute Gasteiger partial charge is 0.268 e. The third-order valence-corrected chi connectivity index (χ3v) is 5.00. The zero-order valence-electron chi connectivity index (χ0n) is 10.9. The molecule has 1 amide bonds. The van der Waals surface area contributed by atoms with Gasteiger partial charge in [-0.05, 0) is 31.9 Å². The second-order valence-electron chi connectivity index (χ2n) is 5.03. The number of aromatic nitrogens is 1. The summed E-state index contributed by atoms with van der Waals surface area (Å²) in [6.45, 7) is 2.83. The average molecular weight is 297 g/mol. The second-order valence-corrected chi connectivity index (χ2v) is 6.74. The Hall–Kier alpha value is -1.00. The van der Waals surface area contributed by atoms with Crippen LogP contribution in [0.3, 0.4) is 0 Å². The first kappa shape index (κ1) is 13.0. The lowest BCUT2D eigenvalue weighted by Gasteiger charge is -2.13. The van der Waals surface area contributed by atoms with Crippen LogP contribution in [0.1, 0.15) is 43.1 Å². The number of nitrogens with one attached hydrogen (secondary N) is 1. The van der Waals surface area contributed by atoms with E-state index in [0.717, 1.165) is 39.6 Å². The van der Waals surface area contributed by atoms with Crippen molar-refractivity contribution in [1.29, 1.82) is 0 Å². The van der Waals surface area contributed by atoms with Gasteiger partial charge in [0.05, 0.1) is 14.6 Å². The lowest BCUT2D eigenvalue weighted by molar-refractivity contribution is 0.0929. The van der Waals surface area contributed by atoms with E-state index in [1.807, 2.05) is 16.7 Å². The Labute approximate surface area is 121 Å². The van der Waals surface area contributed by atoms with Crippen LogP contribution in [0.2, 0.25) is 4.34 Å². The number of thiophene rings is 1. The molecule has 102 valence electrons. The largest absolute Gasteiger partial charge is 0.348 e. The van der Waals surface area contributed by atoms with Gasteiger partial charge in [-0.25, -0.2) is 0 Å². The summed E-state index contributed by atoms with van der Waals surface area (Å²) in [5.41, 5.74) is 1.82. The molecule has 0 saturated heterocycles. The molecule has 0 bridgehead atoms. The van der Waals surface area contributed by atoms with Crippen LogP contribution in [0.15, 0.2) is 12.1 Å². The van der Waals surface area contributed by atoms with E-state index in [1.54, 1.807) is 0 Å². The number of aryl methyl sites for hydroxylation is 1. The van der Waals surface area contributed by atoms with Gasteiger partial charge in [-0.1, -0.05) is 24.4 Å². The van der Waals surface area contributed by atoms with Gasteiger partial charge in [-0.15, -0.1) is 11.3 Å². The van der Waals surface area contributed by atoms with E-state index in [4.69, 9.17) is 11.6 Å². The predicted molar refractivity (Wildman–Crippen MR) is 80.2 cm³/mol. The van der Waals surface area contributed by atoms with Gasteiger partial charge in [0.2, 0.25) is 0 Å². The fraction of sp³-hybridized carbons (Fsp3) is 0.500. The molecule has 0 atom stereocenters. The standard InChI is InChI=1S/C14H17ClN2OS/c1-2-17-10-8-13(15)19-12(10)7-11(17)14(18)16-9-5-3-4-6-9/h7-9H,2-6H2,1H3,(H,16,18). The first-order chi connectivity index (χ1) is 9.19. The zero-order chi connectivity index (χ0) is 13.4. The Kier molecular flexibility index (Phi) is 3.54. The molecular formula is C14H17ClN2OS. The molecule has 1 saturated carbocycles. The van der Waals surface area contributed by atoms with Crippen LogP contribution < -0.4 is 5.32 Å². The third-order valence-electron chi connectivity index (χ3n) is 3.80. The number of rotatable bonds is 3. The molecule has 0 aromatic carbocycles. The number of amides is 1. The molecule has 5 heteroatoms. The fourth-order valence-electron chi connectivity index (χ4n) is 2.87. The van der Waals surface area contributed by atoms with Crippen LogP contribution in [-0.2, 0) is 6.54 Å². The van der Waals surface area contributed by atoms with E-state index in [-0.39, 0.29) is 5.91 Å². The van der Waals surface area contributed by atoms with Gasteiger partial charge in [-0.3, -0.25) is 4.79 Å². The first-order valence-electron chi connectivity index (χ1n) is 6.78. The van der Waals surface area contributed by atoms with Crippen LogP contribution in [0, 0.1) is 0 Å². The van der Waals surface area contributed by atoms with Crippen molar-refractivity contribution in [2.75, 3.05) is 0 Å². The number of nitrogens with zero attached hydrogens (tertiary/aromatic N) is 1. The maximum absolute atomic E-state index is 12.4. The molecule has 0 unspecified atom stereocenters. The number of hydrogen-bond acceptors (Lipinski definition) is 2. The normalized spacial score (nSPS) is 16.3. The highest BCUT2D eigenvalue weighted by Gasteiger charge is 2.21. The van der Waals surface area contributed by atoms with Crippen LogP contribution in [0.5, 0.6) is 0 Å². The fourth-order valence-corrected chi connectivity index (χ4v) is 4.05. The molecule has 19 heavy (non-hydrogen) atoms. The summed E-state index contributed by atoms with van der Waals surface area (Å²) in [7, 11) is 0. The summed E-state index contributed by atoms with van der Waals surface area (Å²) in [6.07, 6.45) is 4.67. The molecule has 2 heterocycles. The van der Waals surface area contributed by atoms with Crippen molar-refractivity contribution < 1.29 is 4.79 Å². The lowest BCUT2D eigenvalue weighted by Crippen LogP contribution is -2.33. The molecule has 1 N–H and O–H groups in total. The Balaban J connectivity index is 1.90. The Morgan fingerprint density at radius 1 is 1.47 bits per heavy atom. The van der Waals surface area contributed by atoms with Crippen LogP contribution >= 0.6 is 22.9 Å². The van der Waals surface area contributed by atoms with Gasteiger partial charge >= 0.3 is 0 Å².